The van der Waals surface area contributed by atoms with Crippen molar-refractivity contribution >= 4 is 16.3 Å². The second kappa shape index (κ2) is 5.15. The van der Waals surface area contributed by atoms with Crippen LogP contribution >= 0.6 is 11.3 Å². The molecule has 0 spiro atoms. The van der Waals surface area contributed by atoms with Crippen LogP contribution in [0.5, 0.6) is 0 Å². The average molecular weight is 272 g/mol. The Bertz CT molecular complexity index is 682. The van der Waals surface area contributed by atoms with Crippen LogP contribution in [0.1, 0.15) is 28.6 Å². The molecule has 0 atom stereocenters. The molecule has 0 radical (unpaired) electrons. The lowest BCUT2D eigenvalue weighted by atomic mass is 10.1. The summed E-state index contributed by atoms with van der Waals surface area (Å²) < 4.78 is 1.97. The van der Waals surface area contributed by atoms with E-state index >= 15 is 0 Å². The lowest BCUT2D eigenvalue weighted by molar-refractivity contribution is 0.276. The van der Waals surface area contributed by atoms with Gasteiger partial charge in [0.1, 0.15) is 0 Å². The number of aromatic nitrogens is 2. The van der Waals surface area contributed by atoms with E-state index in [1.807, 2.05) is 4.40 Å². The molecule has 1 N–H and O–H groups in total. The number of thiazole rings is 1. The molecule has 0 aliphatic carbocycles. The van der Waals surface area contributed by atoms with Crippen LogP contribution < -0.4 is 0 Å². The van der Waals surface area contributed by atoms with E-state index < -0.39 is 0 Å². The van der Waals surface area contributed by atoms with Crippen LogP contribution in [0.4, 0.5) is 0 Å². The number of hydrogen-bond donors (Lipinski definition) is 1. The van der Waals surface area contributed by atoms with E-state index in [-0.39, 0.29) is 6.61 Å². The lowest BCUT2D eigenvalue weighted by Crippen LogP contribution is -1.89. The summed E-state index contributed by atoms with van der Waals surface area (Å²) in [5.41, 5.74) is 3.53. The molecule has 0 aliphatic rings. The number of rotatable bonds is 4. The molecule has 2 aromatic heterocycles. The van der Waals surface area contributed by atoms with Gasteiger partial charge in [0.15, 0.2) is 4.96 Å². The quantitative estimate of drug-likeness (QED) is 0.792. The van der Waals surface area contributed by atoms with Crippen molar-refractivity contribution in [2.75, 3.05) is 0 Å². The van der Waals surface area contributed by atoms with E-state index in [0.717, 1.165) is 23.5 Å². The number of benzene rings is 1. The first-order chi connectivity index (χ1) is 9.30. The van der Waals surface area contributed by atoms with Crippen molar-refractivity contribution < 1.29 is 5.11 Å². The molecule has 0 bridgehead atoms. The summed E-state index contributed by atoms with van der Waals surface area (Å²) in [4.78, 5) is 6.51. The fourth-order valence-corrected chi connectivity index (χ4v) is 3.18. The minimum absolute atomic E-state index is 0.0303. The maximum absolute atomic E-state index is 9.22. The summed E-state index contributed by atoms with van der Waals surface area (Å²) in [5.74, 6) is 0. The predicted octanol–water partition coefficient (Wildman–Crippen LogP) is 3.04. The molecule has 0 saturated heterocycles. The van der Waals surface area contributed by atoms with Crippen molar-refractivity contribution in [3.05, 3.63) is 58.4 Å². The normalized spacial score (nSPS) is 11.3. The Hall–Kier alpha value is -1.65. The topological polar surface area (TPSA) is 37.5 Å². The third kappa shape index (κ3) is 2.41. The third-order valence-electron chi connectivity index (χ3n) is 3.31. The van der Waals surface area contributed by atoms with Gasteiger partial charge in [0.2, 0.25) is 0 Å². The highest BCUT2D eigenvalue weighted by Gasteiger charge is 2.07. The van der Waals surface area contributed by atoms with Crippen molar-refractivity contribution in [2.24, 2.45) is 0 Å². The fourth-order valence-electron chi connectivity index (χ4n) is 2.17. The molecule has 1 aromatic carbocycles. The number of hydrogen-bond acceptors (Lipinski definition) is 3. The van der Waals surface area contributed by atoms with Gasteiger partial charge in [-0.1, -0.05) is 31.2 Å². The van der Waals surface area contributed by atoms with Gasteiger partial charge < -0.3 is 5.11 Å². The van der Waals surface area contributed by atoms with Gasteiger partial charge in [-0.2, -0.15) is 0 Å². The minimum Gasteiger partial charge on any atom is -0.390 e. The molecule has 19 heavy (non-hydrogen) atoms. The van der Waals surface area contributed by atoms with E-state index in [4.69, 9.17) is 0 Å². The summed E-state index contributed by atoms with van der Waals surface area (Å²) in [6, 6.07) is 8.75. The number of fused-ring (bicyclic) bond motifs is 1. The van der Waals surface area contributed by atoms with Gasteiger partial charge >= 0.3 is 0 Å². The van der Waals surface area contributed by atoms with Crippen LogP contribution in [0.2, 0.25) is 0 Å². The zero-order chi connectivity index (χ0) is 13.2. The summed E-state index contributed by atoms with van der Waals surface area (Å²) in [6.45, 7) is 2.20. The number of aliphatic hydroxyl groups is 1. The molecular weight excluding hydrogens is 256 g/mol. The van der Waals surface area contributed by atoms with Crippen molar-refractivity contribution in [3.8, 4) is 0 Å². The maximum atomic E-state index is 9.22. The zero-order valence-electron chi connectivity index (χ0n) is 10.8. The van der Waals surface area contributed by atoms with Crippen LogP contribution in [-0.4, -0.2) is 14.5 Å². The SMILES string of the molecule is CCc1ccc(Cc2cn3c(CO)cnc3s2)cc1. The molecule has 98 valence electrons. The van der Waals surface area contributed by atoms with Crippen molar-refractivity contribution in [2.45, 2.75) is 26.4 Å². The Kier molecular flexibility index (Phi) is 3.36. The van der Waals surface area contributed by atoms with Gasteiger partial charge in [0.25, 0.3) is 0 Å². The Labute approximate surface area is 116 Å². The lowest BCUT2D eigenvalue weighted by Gasteiger charge is -2.00. The number of aryl methyl sites for hydroxylation is 1. The Balaban J connectivity index is 1.85. The van der Waals surface area contributed by atoms with Gasteiger partial charge in [-0.3, -0.25) is 4.40 Å². The minimum atomic E-state index is 0.0303. The highest BCUT2D eigenvalue weighted by Crippen LogP contribution is 2.22. The highest BCUT2D eigenvalue weighted by molar-refractivity contribution is 7.17. The third-order valence-corrected chi connectivity index (χ3v) is 4.30. The van der Waals surface area contributed by atoms with E-state index in [0.29, 0.717) is 0 Å². The molecule has 4 heteroatoms. The monoisotopic (exact) mass is 272 g/mol. The Morgan fingerprint density at radius 3 is 2.63 bits per heavy atom. The molecule has 0 fully saturated rings. The molecule has 0 amide bonds. The average Bonchev–Trinajstić information content (AvgIpc) is 2.99. The zero-order valence-corrected chi connectivity index (χ0v) is 11.7. The molecule has 2 heterocycles. The van der Waals surface area contributed by atoms with Gasteiger partial charge in [-0.15, -0.1) is 11.3 Å². The molecule has 0 aliphatic heterocycles. The molecule has 3 rings (SSSR count). The fraction of sp³-hybridized carbons (Fsp3) is 0.267. The first-order valence-corrected chi connectivity index (χ1v) is 7.25. The number of imidazole rings is 1. The standard InChI is InChI=1S/C15H16N2OS/c1-2-11-3-5-12(6-4-11)7-14-9-17-13(10-18)8-16-15(17)19-14/h3-6,8-9,18H,2,7,10H2,1H3. The number of aliphatic hydroxyl groups excluding tert-OH is 1. The second-order valence-corrected chi connectivity index (χ2v) is 5.70. The van der Waals surface area contributed by atoms with Crippen LogP contribution in [0.25, 0.3) is 4.96 Å². The highest BCUT2D eigenvalue weighted by atomic mass is 32.1. The Morgan fingerprint density at radius 1 is 1.21 bits per heavy atom. The maximum Gasteiger partial charge on any atom is 0.194 e. The van der Waals surface area contributed by atoms with Crippen molar-refractivity contribution in [1.82, 2.24) is 9.38 Å². The van der Waals surface area contributed by atoms with Gasteiger partial charge in [0.05, 0.1) is 18.5 Å². The molecule has 3 aromatic rings. The molecular formula is C15H16N2OS. The van der Waals surface area contributed by atoms with E-state index in [9.17, 15) is 5.11 Å². The molecule has 3 nitrogen and oxygen atoms in total. The van der Waals surface area contributed by atoms with Crippen LogP contribution in [0.3, 0.4) is 0 Å². The van der Waals surface area contributed by atoms with E-state index in [1.54, 1.807) is 17.5 Å². The first kappa shape index (κ1) is 12.4. The summed E-state index contributed by atoms with van der Waals surface area (Å²) in [5, 5.41) is 9.22. The van der Waals surface area contributed by atoms with Crippen LogP contribution in [0, 0.1) is 0 Å². The van der Waals surface area contributed by atoms with Gasteiger partial charge in [-0.05, 0) is 17.5 Å². The summed E-state index contributed by atoms with van der Waals surface area (Å²) in [6.07, 6.45) is 5.80. The predicted molar refractivity (Wildman–Crippen MR) is 77.6 cm³/mol. The molecule has 0 saturated carbocycles. The molecule has 0 unspecified atom stereocenters. The van der Waals surface area contributed by atoms with Crippen molar-refractivity contribution in [3.63, 3.8) is 0 Å². The van der Waals surface area contributed by atoms with Crippen LogP contribution in [-0.2, 0) is 19.4 Å². The van der Waals surface area contributed by atoms with Crippen molar-refractivity contribution in [1.29, 1.82) is 0 Å². The van der Waals surface area contributed by atoms with E-state index in [1.165, 1.54) is 16.0 Å². The van der Waals surface area contributed by atoms with E-state index in [2.05, 4.69) is 42.4 Å². The summed E-state index contributed by atoms with van der Waals surface area (Å²) in [7, 11) is 0. The summed E-state index contributed by atoms with van der Waals surface area (Å²) >= 11 is 1.68. The van der Waals surface area contributed by atoms with Gasteiger partial charge in [0, 0.05) is 17.5 Å². The second-order valence-electron chi connectivity index (χ2n) is 4.60. The largest absolute Gasteiger partial charge is 0.390 e. The smallest absolute Gasteiger partial charge is 0.194 e. The van der Waals surface area contributed by atoms with Crippen LogP contribution in [0.15, 0.2) is 36.7 Å². The number of nitrogens with zero attached hydrogens (tertiary/aromatic N) is 2. The van der Waals surface area contributed by atoms with Gasteiger partial charge in [-0.25, -0.2) is 4.98 Å². The Morgan fingerprint density at radius 2 is 1.95 bits per heavy atom. The first-order valence-electron chi connectivity index (χ1n) is 6.43.